The number of rotatable bonds is 2. The maximum absolute atomic E-state index is 12.8. The highest BCUT2D eigenvalue weighted by Gasteiger charge is 2.29. The van der Waals surface area contributed by atoms with Gasteiger partial charge in [0.2, 0.25) is 0 Å². The van der Waals surface area contributed by atoms with E-state index in [0.717, 1.165) is 40.1 Å². The van der Waals surface area contributed by atoms with Crippen LogP contribution in [0.1, 0.15) is 39.6 Å². The first-order valence-corrected chi connectivity index (χ1v) is 9.71. The Morgan fingerprint density at radius 3 is 2.68 bits per heavy atom. The largest absolute Gasteiger partial charge is 0.294 e. The highest BCUT2D eigenvalue weighted by Crippen LogP contribution is 2.35. The van der Waals surface area contributed by atoms with E-state index in [-0.39, 0.29) is 11.7 Å². The highest BCUT2D eigenvalue weighted by molar-refractivity contribution is 6.30. The van der Waals surface area contributed by atoms with Gasteiger partial charge in [0.15, 0.2) is 11.4 Å². The molecule has 5 heteroatoms. The lowest BCUT2D eigenvalue weighted by atomic mass is 9.82. The summed E-state index contributed by atoms with van der Waals surface area (Å²) in [7, 11) is 0. The molecular formula is C23H18ClN3O. The van der Waals surface area contributed by atoms with Crippen LogP contribution in [-0.2, 0) is 6.42 Å². The Kier molecular flexibility index (Phi) is 4.02. The number of hydrogen-bond acceptors (Lipinski definition) is 3. The molecule has 138 valence electrons. The second-order valence-electron chi connectivity index (χ2n) is 7.28. The lowest BCUT2D eigenvalue weighted by molar-refractivity contribution is 0.0962. The SMILES string of the molecule is Cc1nn2cc3c(nc2c1-c1ccccc1)CC(c1cccc(Cl)c1)CC3=O. The second kappa shape index (κ2) is 6.57. The second-order valence-corrected chi connectivity index (χ2v) is 7.72. The van der Waals surface area contributed by atoms with Crippen LogP contribution in [0.4, 0.5) is 0 Å². The monoisotopic (exact) mass is 387 g/mol. The Balaban J connectivity index is 1.64. The zero-order valence-corrected chi connectivity index (χ0v) is 16.1. The van der Waals surface area contributed by atoms with Crippen LogP contribution in [0.2, 0.25) is 5.02 Å². The summed E-state index contributed by atoms with van der Waals surface area (Å²) in [6.07, 6.45) is 3.02. The van der Waals surface area contributed by atoms with Crippen LogP contribution in [0.3, 0.4) is 0 Å². The average Bonchev–Trinajstić information content (AvgIpc) is 3.02. The molecule has 0 spiro atoms. The van der Waals surface area contributed by atoms with E-state index in [0.29, 0.717) is 17.0 Å². The maximum atomic E-state index is 12.8. The molecule has 0 amide bonds. The zero-order chi connectivity index (χ0) is 19.3. The molecule has 2 heterocycles. The van der Waals surface area contributed by atoms with Crippen LogP contribution in [0.25, 0.3) is 16.8 Å². The third-order valence-electron chi connectivity index (χ3n) is 5.42. The van der Waals surface area contributed by atoms with E-state index in [4.69, 9.17) is 16.6 Å². The first-order chi connectivity index (χ1) is 13.6. The lowest BCUT2D eigenvalue weighted by Gasteiger charge is -2.23. The van der Waals surface area contributed by atoms with E-state index in [1.807, 2.05) is 55.6 Å². The molecule has 1 unspecified atom stereocenters. The van der Waals surface area contributed by atoms with Crippen molar-refractivity contribution in [3.63, 3.8) is 0 Å². The molecule has 0 radical (unpaired) electrons. The molecule has 2 aromatic heterocycles. The molecule has 0 aliphatic heterocycles. The number of aromatic nitrogens is 3. The summed E-state index contributed by atoms with van der Waals surface area (Å²) < 4.78 is 1.74. The van der Waals surface area contributed by atoms with Gasteiger partial charge in [-0.25, -0.2) is 9.50 Å². The van der Waals surface area contributed by atoms with Crippen molar-refractivity contribution in [2.75, 3.05) is 0 Å². The van der Waals surface area contributed by atoms with Crippen LogP contribution in [-0.4, -0.2) is 20.4 Å². The van der Waals surface area contributed by atoms with Crippen molar-refractivity contribution in [1.82, 2.24) is 14.6 Å². The molecule has 1 atom stereocenters. The van der Waals surface area contributed by atoms with Gasteiger partial charge in [-0.3, -0.25) is 4.79 Å². The molecule has 0 bridgehead atoms. The molecule has 1 aliphatic carbocycles. The van der Waals surface area contributed by atoms with Crippen molar-refractivity contribution >= 4 is 23.0 Å². The van der Waals surface area contributed by atoms with Gasteiger partial charge in [0, 0.05) is 23.2 Å². The smallest absolute Gasteiger partial charge is 0.166 e. The number of Topliss-reactive ketones (excluding diaryl/α,β-unsaturated/α-hetero) is 1. The summed E-state index contributed by atoms with van der Waals surface area (Å²) >= 11 is 6.16. The number of halogens is 1. The number of ketones is 1. The van der Waals surface area contributed by atoms with E-state index < -0.39 is 0 Å². The van der Waals surface area contributed by atoms with Crippen molar-refractivity contribution in [2.45, 2.75) is 25.7 Å². The molecule has 1 aliphatic rings. The number of carbonyl (C=O) groups is 1. The number of aryl methyl sites for hydroxylation is 1. The van der Waals surface area contributed by atoms with Crippen LogP contribution in [0.15, 0.2) is 60.8 Å². The fraction of sp³-hybridized carbons (Fsp3) is 0.174. The summed E-state index contributed by atoms with van der Waals surface area (Å²) in [5.41, 5.74) is 6.39. The molecule has 2 aromatic carbocycles. The highest BCUT2D eigenvalue weighted by atomic mass is 35.5. The predicted octanol–water partition coefficient (Wildman–Crippen LogP) is 5.27. The summed E-state index contributed by atoms with van der Waals surface area (Å²) in [4.78, 5) is 17.8. The minimum atomic E-state index is 0.0952. The lowest BCUT2D eigenvalue weighted by Crippen LogP contribution is -2.21. The Hall–Kier alpha value is -2.98. The van der Waals surface area contributed by atoms with E-state index in [1.165, 1.54) is 0 Å². The molecule has 0 N–H and O–H groups in total. The van der Waals surface area contributed by atoms with Crippen molar-refractivity contribution in [3.8, 4) is 11.1 Å². The number of hydrogen-bond donors (Lipinski definition) is 0. The molecule has 0 saturated heterocycles. The first-order valence-electron chi connectivity index (χ1n) is 9.33. The van der Waals surface area contributed by atoms with Gasteiger partial charge in [0.1, 0.15) is 0 Å². The summed E-state index contributed by atoms with van der Waals surface area (Å²) in [6.45, 7) is 1.98. The molecular weight excluding hydrogens is 370 g/mol. The van der Waals surface area contributed by atoms with Crippen molar-refractivity contribution in [3.05, 3.63) is 88.3 Å². The maximum Gasteiger partial charge on any atom is 0.166 e. The van der Waals surface area contributed by atoms with Gasteiger partial charge in [0.05, 0.1) is 17.0 Å². The van der Waals surface area contributed by atoms with Gasteiger partial charge < -0.3 is 0 Å². The molecule has 0 fully saturated rings. The van der Waals surface area contributed by atoms with Crippen LogP contribution < -0.4 is 0 Å². The van der Waals surface area contributed by atoms with Crippen molar-refractivity contribution < 1.29 is 4.79 Å². The van der Waals surface area contributed by atoms with E-state index >= 15 is 0 Å². The first kappa shape index (κ1) is 17.1. The fourth-order valence-corrected chi connectivity index (χ4v) is 4.28. The normalized spacial score (nSPS) is 16.4. The minimum Gasteiger partial charge on any atom is -0.294 e. The third kappa shape index (κ3) is 2.81. The molecule has 4 aromatic rings. The van der Waals surface area contributed by atoms with Crippen LogP contribution >= 0.6 is 11.6 Å². The van der Waals surface area contributed by atoms with E-state index in [2.05, 4.69) is 17.2 Å². The van der Waals surface area contributed by atoms with E-state index in [9.17, 15) is 4.79 Å². The van der Waals surface area contributed by atoms with Gasteiger partial charge in [-0.2, -0.15) is 5.10 Å². The van der Waals surface area contributed by atoms with Gasteiger partial charge in [0.25, 0.3) is 0 Å². The summed E-state index contributed by atoms with van der Waals surface area (Å²) in [5, 5.41) is 5.30. The Bertz CT molecular complexity index is 1210. The zero-order valence-electron chi connectivity index (χ0n) is 15.4. The minimum absolute atomic E-state index is 0.0952. The van der Waals surface area contributed by atoms with Gasteiger partial charge in [-0.1, -0.05) is 54.1 Å². The number of fused-ring (bicyclic) bond motifs is 2. The fourth-order valence-electron chi connectivity index (χ4n) is 4.08. The van der Waals surface area contributed by atoms with Gasteiger partial charge >= 0.3 is 0 Å². The third-order valence-corrected chi connectivity index (χ3v) is 5.65. The van der Waals surface area contributed by atoms with E-state index in [1.54, 1.807) is 4.52 Å². The average molecular weight is 388 g/mol. The molecule has 0 saturated carbocycles. The van der Waals surface area contributed by atoms with Gasteiger partial charge in [-0.05, 0) is 42.5 Å². The topological polar surface area (TPSA) is 47.3 Å². The van der Waals surface area contributed by atoms with Crippen LogP contribution in [0, 0.1) is 6.92 Å². The Morgan fingerprint density at radius 2 is 1.89 bits per heavy atom. The Morgan fingerprint density at radius 1 is 1.07 bits per heavy atom. The summed E-state index contributed by atoms with van der Waals surface area (Å²) in [6, 6.07) is 17.9. The number of nitrogens with zero attached hydrogens (tertiary/aromatic N) is 3. The quantitative estimate of drug-likeness (QED) is 0.470. The molecule has 5 rings (SSSR count). The van der Waals surface area contributed by atoms with Crippen molar-refractivity contribution in [2.24, 2.45) is 0 Å². The number of carbonyl (C=O) groups excluding carboxylic acids is 1. The molecule has 4 nitrogen and oxygen atoms in total. The van der Waals surface area contributed by atoms with Crippen LogP contribution in [0.5, 0.6) is 0 Å². The predicted molar refractivity (Wildman–Crippen MR) is 110 cm³/mol. The molecule has 28 heavy (non-hydrogen) atoms. The standard InChI is InChI=1S/C23H18ClN3O/c1-14-22(15-6-3-2-4-7-15)23-25-20-11-17(16-8-5-9-18(24)10-16)12-21(28)19(20)13-27(23)26-14/h2-10,13,17H,11-12H2,1H3. The summed E-state index contributed by atoms with van der Waals surface area (Å²) in [5.74, 6) is 0.202. The number of benzene rings is 2. The Labute approximate surface area is 167 Å². The van der Waals surface area contributed by atoms with Crippen molar-refractivity contribution in [1.29, 1.82) is 0 Å². The van der Waals surface area contributed by atoms with Gasteiger partial charge in [-0.15, -0.1) is 0 Å².